The predicted molar refractivity (Wildman–Crippen MR) is 68.0 cm³/mol. The zero-order valence-corrected chi connectivity index (χ0v) is 10.9. The van der Waals surface area contributed by atoms with Crippen LogP contribution in [0, 0.1) is 5.92 Å². The summed E-state index contributed by atoms with van der Waals surface area (Å²) in [5.41, 5.74) is 1.18. The topological polar surface area (TPSA) is 59.4 Å². The van der Waals surface area contributed by atoms with Gasteiger partial charge in [0.15, 0.2) is 0 Å². The van der Waals surface area contributed by atoms with E-state index in [0.717, 1.165) is 17.2 Å². The Hall–Kier alpha value is -1.07. The summed E-state index contributed by atoms with van der Waals surface area (Å²) in [7, 11) is 1.34. The summed E-state index contributed by atoms with van der Waals surface area (Å²) >= 11 is 1.69. The number of hydrogen-bond donors (Lipinski definition) is 1. The summed E-state index contributed by atoms with van der Waals surface area (Å²) in [6, 6.07) is 5.31. The van der Waals surface area contributed by atoms with E-state index in [1.807, 2.05) is 13.0 Å². The number of methoxy groups -OCH3 is 1. The highest BCUT2D eigenvalue weighted by atomic mass is 32.2. The summed E-state index contributed by atoms with van der Waals surface area (Å²) in [4.78, 5) is 15.5. The Labute approximate surface area is 105 Å². The number of esters is 1. The van der Waals surface area contributed by atoms with Crippen LogP contribution in [0.25, 0.3) is 0 Å². The smallest absolute Gasteiger partial charge is 0.356 e. The van der Waals surface area contributed by atoms with E-state index in [4.69, 9.17) is 5.11 Å². The first-order valence-electron chi connectivity index (χ1n) is 5.40. The molecule has 0 aliphatic carbocycles. The number of aliphatic hydroxyl groups is 1. The molecule has 0 amide bonds. The van der Waals surface area contributed by atoms with Gasteiger partial charge >= 0.3 is 5.97 Å². The molecule has 1 aromatic heterocycles. The van der Waals surface area contributed by atoms with Crippen molar-refractivity contribution >= 4 is 17.7 Å². The number of aliphatic hydroxyl groups excluding tert-OH is 1. The SMILES string of the molecule is COC(=O)c1cccc(CSCC(C)CO)n1. The van der Waals surface area contributed by atoms with Crippen LogP contribution in [0.5, 0.6) is 0 Å². The summed E-state index contributed by atoms with van der Waals surface area (Å²) in [5.74, 6) is 1.47. The van der Waals surface area contributed by atoms with E-state index >= 15 is 0 Å². The van der Waals surface area contributed by atoms with Gasteiger partial charge in [-0.2, -0.15) is 11.8 Å². The van der Waals surface area contributed by atoms with E-state index in [1.165, 1.54) is 7.11 Å². The second kappa shape index (κ2) is 7.29. The quantitative estimate of drug-likeness (QED) is 0.784. The molecule has 5 heteroatoms. The molecule has 1 aromatic rings. The summed E-state index contributed by atoms with van der Waals surface area (Å²) in [6.07, 6.45) is 0. The van der Waals surface area contributed by atoms with Crippen LogP contribution >= 0.6 is 11.8 Å². The van der Waals surface area contributed by atoms with Crippen molar-refractivity contribution in [2.45, 2.75) is 12.7 Å². The van der Waals surface area contributed by atoms with Gasteiger partial charge in [-0.05, 0) is 23.8 Å². The Morgan fingerprint density at radius 2 is 2.35 bits per heavy atom. The number of ether oxygens (including phenoxy) is 1. The highest BCUT2D eigenvalue weighted by Crippen LogP contribution is 2.14. The van der Waals surface area contributed by atoms with Crippen LogP contribution in [-0.4, -0.2) is 35.5 Å². The van der Waals surface area contributed by atoms with E-state index < -0.39 is 5.97 Å². The van der Waals surface area contributed by atoms with Crippen molar-refractivity contribution in [2.75, 3.05) is 19.5 Å². The Bertz CT molecular complexity index is 371. The Kier molecular flexibility index (Phi) is 6.00. The monoisotopic (exact) mass is 255 g/mol. The zero-order valence-electron chi connectivity index (χ0n) is 10.0. The van der Waals surface area contributed by atoms with Gasteiger partial charge in [0, 0.05) is 12.4 Å². The lowest BCUT2D eigenvalue weighted by Crippen LogP contribution is -2.06. The molecule has 1 atom stereocenters. The summed E-state index contributed by atoms with van der Waals surface area (Å²) in [6.45, 7) is 2.19. The van der Waals surface area contributed by atoms with Crippen molar-refractivity contribution in [1.82, 2.24) is 4.98 Å². The molecular weight excluding hydrogens is 238 g/mol. The fourth-order valence-corrected chi connectivity index (χ4v) is 2.19. The Morgan fingerprint density at radius 1 is 1.59 bits per heavy atom. The average Bonchev–Trinajstić information content (AvgIpc) is 2.38. The van der Waals surface area contributed by atoms with E-state index in [-0.39, 0.29) is 12.5 Å². The van der Waals surface area contributed by atoms with Gasteiger partial charge in [-0.3, -0.25) is 0 Å². The summed E-state index contributed by atoms with van der Waals surface area (Å²) < 4.78 is 4.61. The highest BCUT2D eigenvalue weighted by Gasteiger charge is 2.07. The molecule has 1 rings (SSSR count). The molecule has 94 valence electrons. The minimum Gasteiger partial charge on any atom is -0.464 e. The number of rotatable bonds is 6. The fourth-order valence-electron chi connectivity index (χ4n) is 1.20. The van der Waals surface area contributed by atoms with Crippen LogP contribution in [0.2, 0.25) is 0 Å². The van der Waals surface area contributed by atoms with E-state index in [2.05, 4.69) is 9.72 Å². The first kappa shape index (κ1) is 14.0. The molecule has 1 unspecified atom stereocenters. The predicted octanol–water partition coefficient (Wildman–Crippen LogP) is 1.73. The van der Waals surface area contributed by atoms with Gasteiger partial charge < -0.3 is 9.84 Å². The first-order chi connectivity index (χ1) is 8.17. The number of carbonyl (C=O) groups excluding carboxylic acids is 1. The minimum absolute atomic E-state index is 0.197. The lowest BCUT2D eigenvalue weighted by molar-refractivity contribution is 0.0594. The van der Waals surface area contributed by atoms with Gasteiger partial charge in [0.2, 0.25) is 0 Å². The van der Waals surface area contributed by atoms with Gasteiger partial charge in [0.1, 0.15) is 5.69 Å². The van der Waals surface area contributed by atoms with Gasteiger partial charge in [-0.1, -0.05) is 13.0 Å². The van der Waals surface area contributed by atoms with Crippen LogP contribution in [-0.2, 0) is 10.5 Å². The van der Waals surface area contributed by atoms with Crippen molar-refractivity contribution in [3.05, 3.63) is 29.6 Å². The third-order valence-corrected chi connectivity index (χ3v) is 3.47. The molecular formula is C12H17NO3S. The number of carbonyl (C=O) groups is 1. The van der Waals surface area contributed by atoms with Crippen molar-refractivity contribution < 1.29 is 14.6 Å². The molecule has 0 saturated carbocycles. The normalized spacial score (nSPS) is 12.2. The van der Waals surface area contributed by atoms with Crippen LogP contribution in [0.1, 0.15) is 23.1 Å². The van der Waals surface area contributed by atoms with Crippen LogP contribution in [0.4, 0.5) is 0 Å². The third kappa shape index (κ3) is 4.75. The molecule has 0 radical (unpaired) electrons. The molecule has 0 aromatic carbocycles. The molecule has 1 heterocycles. The molecule has 0 fully saturated rings. The standard InChI is InChI=1S/C12H17NO3S/c1-9(6-14)7-17-8-10-4-3-5-11(13-10)12(15)16-2/h3-5,9,14H,6-8H2,1-2H3. The van der Waals surface area contributed by atoms with Crippen molar-refractivity contribution in [3.63, 3.8) is 0 Å². The third-order valence-electron chi connectivity index (χ3n) is 2.17. The van der Waals surface area contributed by atoms with Crippen LogP contribution < -0.4 is 0 Å². The van der Waals surface area contributed by atoms with Gasteiger partial charge in [-0.15, -0.1) is 0 Å². The maximum Gasteiger partial charge on any atom is 0.356 e. The fraction of sp³-hybridized carbons (Fsp3) is 0.500. The average molecular weight is 255 g/mol. The molecule has 0 bridgehead atoms. The van der Waals surface area contributed by atoms with Crippen LogP contribution in [0.3, 0.4) is 0 Å². The molecule has 0 aliphatic rings. The van der Waals surface area contributed by atoms with Gasteiger partial charge in [0.25, 0.3) is 0 Å². The highest BCUT2D eigenvalue weighted by molar-refractivity contribution is 7.98. The molecule has 0 saturated heterocycles. The lowest BCUT2D eigenvalue weighted by atomic mass is 10.2. The van der Waals surface area contributed by atoms with Crippen molar-refractivity contribution in [3.8, 4) is 0 Å². The van der Waals surface area contributed by atoms with E-state index in [9.17, 15) is 4.79 Å². The zero-order chi connectivity index (χ0) is 12.7. The number of aromatic nitrogens is 1. The maximum absolute atomic E-state index is 11.3. The first-order valence-corrected chi connectivity index (χ1v) is 6.55. The van der Waals surface area contributed by atoms with Gasteiger partial charge in [0.05, 0.1) is 12.8 Å². The van der Waals surface area contributed by atoms with Crippen molar-refractivity contribution in [2.24, 2.45) is 5.92 Å². The molecule has 0 spiro atoms. The second-order valence-electron chi connectivity index (χ2n) is 3.81. The van der Waals surface area contributed by atoms with Gasteiger partial charge in [-0.25, -0.2) is 9.78 Å². The summed E-state index contributed by atoms with van der Waals surface area (Å²) in [5, 5.41) is 8.89. The van der Waals surface area contributed by atoms with Crippen molar-refractivity contribution in [1.29, 1.82) is 0 Å². The molecule has 1 N–H and O–H groups in total. The van der Waals surface area contributed by atoms with E-state index in [0.29, 0.717) is 5.69 Å². The Morgan fingerprint density at radius 3 is 3.00 bits per heavy atom. The second-order valence-corrected chi connectivity index (χ2v) is 4.84. The number of hydrogen-bond acceptors (Lipinski definition) is 5. The number of nitrogens with zero attached hydrogens (tertiary/aromatic N) is 1. The number of thioether (sulfide) groups is 1. The maximum atomic E-state index is 11.3. The molecule has 4 nitrogen and oxygen atoms in total. The number of pyridine rings is 1. The largest absolute Gasteiger partial charge is 0.464 e. The molecule has 0 aliphatic heterocycles. The lowest BCUT2D eigenvalue weighted by Gasteiger charge is -2.07. The minimum atomic E-state index is -0.416. The van der Waals surface area contributed by atoms with E-state index in [1.54, 1.807) is 23.9 Å². The van der Waals surface area contributed by atoms with Crippen LogP contribution in [0.15, 0.2) is 18.2 Å². The Balaban J connectivity index is 2.51. The molecule has 17 heavy (non-hydrogen) atoms.